The normalized spacial score (nSPS) is 11.6. The molecule has 2 aromatic rings. The van der Waals surface area contributed by atoms with Gasteiger partial charge in [-0.15, -0.1) is 10.2 Å². The van der Waals surface area contributed by atoms with Crippen molar-refractivity contribution in [3.63, 3.8) is 0 Å². The summed E-state index contributed by atoms with van der Waals surface area (Å²) < 4.78 is 45.1. The Morgan fingerprint density at radius 1 is 1.44 bits per heavy atom. The van der Waals surface area contributed by atoms with E-state index in [1.165, 1.54) is 12.4 Å². The minimum absolute atomic E-state index is 0.0168. The molecule has 1 heterocycles. The number of rotatable bonds is 7. The molecule has 0 radical (unpaired) electrons. The van der Waals surface area contributed by atoms with Crippen molar-refractivity contribution in [2.75, 3.05) is 24.8 Å². The van der Waals surface area contributed by atoms with E-state index in [1.807, 2.05) is 0 Å². The van der Waals surface area contributed by atoms with Gasteiger partial charge in [0.25, 0.3) is 0 Å². The average Bonchev–Trinajstić information content (AvgIpc) is 2.99. The number of nitrogens with one attached hydrogen (secondary N) is 1. The van der Waals surface area contributed by atoms with Crippen LogP contribution in [0.15, 0.2) is 29.7 Å². The molecular formula is C14H14ClF3N4O2S. The molecule has 0 aliphatic carbocycles. The summed E-state index contributed by atoms with van der Waals surface area (Å²) in [4.78, 5) is 12.0. The lowest BCUT2D eigenvalue weighted by atomic mass is 10.2. The van der Waals surface area contributed by atoms with E-state index in [0.717, 1.165) is 23.9 Å². The molecule has 136 valence electrons. The first-order chi connectivity index (χ1) is 11.8. The SMILES string of the molecule is COCCn1cnnc1SCC(=O)Nc1ccc(Cl)c(C(F)(F)F)c1. The number of carbonyl (C=O) groups is 1. The maximum atomic E-state index is 12.8. The van der Waals surface area contributed by atoms with Crippen LogP contribution in [-0.2, 0) is 22.3 Å². The molecule has 6 nitrogen and oxygen atoms in total. The van der Waals surface area contributed by atoms with E-state index in [2.05, 4.69) is 15.5 Å². The number of hydrogen-bond donors (Lipinski definition) is 1. The van der Waals surface area contributed by atoms with Crippen molar-refractivity contribution in [3.05, 3.63) is 35.1 Å². The molecule has 0 spiro atoms. The number of anilines is 1. The van der Waals surface area contributed by atoms with Crippen molar-refractivity contribution in [2.45, 2.75) is 17.9 Å². The smallest absolute Gasteiger partial charge is 0.383 e. The van der Waals surface area contributed by atoms with Crippen molar-refractivity contribution in [1.82, 2.24) is 14.8 Å². The summed E-state index contributed by atoms with van der Waals surface area (Å²) in [6.07, 6.45) is -3.08. The number of aromatic nitrogens is 3. The third-order valence-electron chi connectivity index (χ3n) is 3.00. The zero-order chi connectivity index (χ0) is 18.4. The molecule has 1 N–H and O–H groups in total. The Morgan fingerprint density at radius 3 is 2.88 bits per heavy atom. The zero-order valence-corrected chi connectivity index (χ0v) is 14.6. The van der Waals surface area contributed by atoms with Gasteiger partial charge in [0.1, 0.15) is 6.33 Å². The Hall–Kier alpha value is -1.78. The summed E-state index contributed by atoms with van der Waals surface area (Å²) in [6.45, 7) is 0.988. The van der Waals surface area contributed by atoms with Crippen LogP contribution in [0.4, 0.5) is 18.9 Å². The first-order valence-corrected chi connectivity index (χ1v) is 8.33. The van der Waals surface area contributed by atoms with Gasteiger partial charge in [-0.25, -0.2) is 0 Å². The molecule has 1 aromatic heterocycles. The minimum Gasteiger partial charge on any atom is -0.383 e. The molecule has 25 heavy (non-hydrogen) atoms. The highest BCUT2D eigenvalue weighted by Gasteiger charge is 2.33. The van der Waals surface area contributed by atoms with E-state index in [0.29, 0.717) is 18.3 Å². The van der Waals surface area contributed by atoms with Gasteiger partial charge in [-0.05, 0) is 18.2 Å². The second kappa shape index (κ2) is 8.54. The van der Waals surface area contributed by atoms with Gasteiger partial charge in [-0.3, -0.25) is 4.79 Å². The molecule has 0 bridgehead atoms. The van der Waals surface area contributed by atoms with Crippen molar-refractivity contribution >= 4 is 35.0 Å². The Kier molecular flexibility index (Phi) is 6.68. The van der Waals surface area contributed by atoms with Gasteiger partial charge in [-0.2, -0.15) is 13.2 Å². The molecule has 11 heteroatoms. The van der Waals surface area contributed by atoms with E-state index >= 15 is 0 Å². The first-order valence-electron chi connectivity index (χ1n) is 6.97. The summed E-state index contributed by atoms with van der Waals surface area (Å²) >= 11 is 6.66. The van der Waals surface area contributed by atoms with Crippen molar-refractivity contribution in [1.29, 1.82) is 0 Å². The van der Waals surface area contributed by atoms with Crippen LogP contribution >= 0.6 is 23.4 Å². The van der Waals surface area contributed by atoms with E-state index < -0.39 is 22.7 Å². The number of carbonyl (C=O) groups excluding carboxylic acids is 1. The maximum absolute atomic E-state index is 12.8. The second-order valence-corrected chi connectivity index (χ2v) is 6.18. The molecule has 0 unspecified atom stereocenters. The number of benzene rings is 1. The summed E-state index contributed by atoms with van der Waals surface area (Å²) in [5.74, 6) is -0.503. The van der Waals surface area contributed by atoms with Gasteiger partial charge >= 0.3 is 6.18 Å². The first kappa shape index (κ1) is 19.5. The molecular weight excluding hydrogens is 381 g/mol. The maximum Gasteiger partial charge on any atom is 0.417 e. The Labute approximate surface area is 150 Å². The highest BCUT2D eigenvalue weighted by Crippen LogP contribution is 2.36. The predicted octanol–water partition coefficient (Wildman–Crippen LogP) is 3.33. The molecule has 0 aliphatic rings. The van der Waals surface area contributed by atoms with Crippen LogP contribution in [0.5, 0.6) is 0 Å². The predicted molar refractivity (Wildman–Crippen MR) is 87.7 cm³/mol. The van der Waals surface area contributed by atoms with Gasteiger partial charge in [0.2, 0.25) is 5.91 Å². The third-order valence-corrected chi connectivity index (χ3v) is 4.31. The molecule has 0 fully saturated rings. The summed E-state index contributed by atoms with van der Waals surface area (Å²) in [5, 5.41) is 10.1. The number of thioether (sulfide) groups is 1. The van der Waals surface area contributed by atoms with Gasteiger partial charge < -0.3 is 14.6 Å². The molecule has 0 saturated carbocycles. The fraction of sp³-hybridized carbons (Fsp3) is 0.357. The molecule has 1 amide bonds. The van der Waals surface area contributed by atoms with Crippen LogP contribution < -0.4 is 5.32 Å². The molecule has 2 rings (SSSR count). The summed E-state index contributed by atoms with van der Waals surface area (Å²) in [6, 6.07) is 3.20. The van der Waals surface area contributed by atoms with Crippen LogP contribution in [0.25, 0.3) is 0 Å². The fourth-order valence-electron chi connectivity index (χ4n) is 1.85. The molecule has 1 aromatic carbocycles. The topological polar surface area (TPSA) is 69.0 Å². The zero-order valence-electron chi connectivity index (χ0n) is 13.0. The average molecular weight is 395 g/mol. The quantitative estimate of drug-likeness (QED) is 0.729. The summed E-state index contributed by atoms with van der Waals surface area (Å²) in [5.41, 5.74) is -0.984. The summed E-state index contributed by atoms with van der Waals surface area (Å²) in [7, 11) is 1.56. The number of ether oxygens (including phenoxy) is 1. The number of halogens is 4. The number of amides is 1. The highest BCUT2D eigenvalue weighted by atomic mass is 35.5. The highest BCUT2D eigenvalue weighted by molar-refractivity contribution is 7.99. The third kappa shape index (κ3) is 5.62. The molecule has 0 aliphatic heterocycles. The number of hydrogen-bond acceptors (Lipinski definition) is 5. The van der Waals surface area contributed by atoms with E-state index in [1.54, 1.807) is 11.7 Å². The van der Waals surface area contributed by atoms with Gasteiger partial charge in [0, 0.05) is 19.3 Å². The van der Waals surface area contributed by atoms with Crippen LogP contribution in [0.1, 0.15) is 5.56 Å². The van der Waals surface area contributed by atoms with Crippen molar-refractivity contribution in [2.24, 2.45) is 0 Å². The Balaban J connectivity index is 1.96. The fourth-order valence-corrected chi connectivity index (χ4v) is 2.81. The van der Waals surface area contributed by atoms with Crippen LogP contribution in [0, 0.1) is 0 Å². The van der Waals surface area contributed by atoms with Crippen molar-refractivity contribution < 1.29 is 22.7 Å². The van der Waals surface area contributed by atoms with E-state index in [-0.39, 0.29) is 11.4 Å². The largest absolute Gasteiger partial charge is 0.417 e. The number of nitrogens with zero attached hydrogens (tertiary/aromatic N) is 3. The van der Waals surface area contributed by atoms with Gasteiger partial charge in [0.05, 0.1) is 22.9 Å². The number of alkyl halides is 3. The van der Waals surface area contributed by atoms with E-state index in [4.69, 9.17) is 16.3 Å². The van der Waals surface area contributed by atoms with Gasteiger partial charge in [0.15, 0.2) is 5.16 Å². The van der Waals surface area contributed by atoms with Crippen molar-refractivity contribution in [3.8, 4) is 0 Å². The molecule has 0 atom stereocenters. The lowest BCUT2D eigenvalue weighted by Gasteiger charge is -2.11. The lowest BCUT2D eigenvalue weighted by molar-refractivity contribution is -0.137. The van der Waals surface area contributed by atoms with Gasteiger partial charge in [-0.1, -0.05) is 23.4 Å². The van der Waals surface area contributed by atoms with Crippen LogP contribution in [0.2, 0.25) is 5.02 Å². The number of methoxy groups -OCH3 is 1. The minimum atomic E-state index is -4.59. The Morgan fingerprint density at radius 2 is 2.20 bits per heavy atom. The second-order valence-electron chi connectivity index (χ2n) is 4.83. The molecule has 0 saturated heterocycles. The van der Waals surface area contributed by atoms with Crippen LogP contribution in [0.3, 0.4) is 0 Å². The van der Waals surface area contributed by atoms with E-state index in [9.17, 15) is 18.0 Å². The monoisotopic (exact) mass is 394 g/mol. The Bertz CT molecular complexity index is 739. The lowest BCUT2D eigenvalue weighted by Crippen LogP contribution is -2.16. The standard InChI is InChI=1S/C14H14ClF3N4O2S/c1-24-5-4-22-8-19-21-13(22)25-7-12(23)20-9-2-3-11(15)10(6-9)14(16,17)18/h2-3,6,8H,4-5,7H2,1H3,(H,20,23). The van der Waals surface area contributed by atoms with Crippen LogP contribution in [-0.4, -0.2) is 40.1 Å².